The molecule has 3 aromatic heterocycles. The normalized spacial score (nSPS) is 16.6. The van der Waals surface area contributed by atoms with E-state index in [2.05, 4.69) is 20.2 Å². The van der Waals surface area contributed by atoms with E-state index in [0.717, 1.165) is 28.7 Å². The van der Waals surface area contributed by atoms with Crippen molar-refractivity contribution in [3.63, 3.8) is 0 Å². The molecule has 1 aliphatic carbocycles. The molecule has 1 N–H and O–H groups in total. The number of fused-ring (bicyclic) bond motifs is 3. The van der Waals surface area contributed by atoms with E-state index in [1.165, 1.54) is 6.33 Å². The van der Waals surface area contributed by atoms with Crippen molar-refractivity contribution in [3.8, 4) is 11.4 Å². The van der Waals surface area contributed by atoms with Gasteiger partial charge in [-0.1, -0.05) is 0 Å². The number of imidazole rings is 1. The van der Waals surface area contributed by atoms with E-state index in [1.54, 1.807) is 0 Å². The van der Waals surface area contributed by atoms with E-state index in [-0.39, 0.29) is 11.5 Å². The molecule has 0 amide bonds. The molecule has 27 heavy (non-hydrogen) atoms. The van der Waals surface area contributed by atoms with Crippen molar-refractivity contribution in [2.24, 2.45) is 0 Å². The second kappa shape index (κ2) is 5.94. The summed E-state index contributed by atoms with van der Waals surface area (Å²) in [6.45, 7) is 0. The number of H-pyrrole nitrogens is 1. The Bertz CT molecular complexity index is 1150. The third-order valence-electron chi connectivity index (χ3n) is 5.15. The monoisotopic (exact) mass is 369 g/mol. The van der Waals surface area contributed by atoms with Crippen LogP contribution >= 0.6 is 0 Å². The van der Waals surface area contributed by atoms with Crippen molar-refractivity contribution in [2.45, 2.75) is 25.2 Å². The third-order valence-corrected chi connectivity index (χ3v) is 5.15. The molecule has 3 heterocycles. The molecule has 0 spiro atoms. The Morgan fingerprint density at radius 3 is 2.74 bits per heavy atom. The van der Waals surface area contributed by atoms with Gasteiger partial charge in [-0.25, -0.2) is 23.1 Å². The molecule has 1 aliphatic rings. The summed E-state index contributed by atoms with van der Waals surface area (Å²) in [7, 11) is 0. The second-order valence-electron chi connectivity index (χ2n) is 6.71. The van der Waals surface area contributed by atoms with Crippen LogP contribution in [-0.2, 0) is 12.8 Å². The molecule has 1 atom stereocenters. The maximum absolute atomic E-state index is 14.2. The number of rotatable bonds is 2. The molecule has 0 bridgehead atoms. The molecule has 0 aliphatic heterocycles. The Balaban J connectivity index is 1.52. The Labute approximate surface area is 151 Å². The molecular formula is C19H14F3N5. The number of aromatic amines is 1. The molecule has 136 valence electrons. The van der Waals surface area contributed by atoms with Crippen molar-refractivity contribution in [2.75, 3.05) is 0 Å². The lowest BCUT2D eigenvalue weighted by Gasteiger charge is -2.22. The number of aromatic nitrogens is 5. The minimum Gasteiger partial charge on any atom is -0.304 e. The lowest BCUT2D eigenvalue weighted by Crippen LogP contribution is -2.15. The van der Waals surface area contributed by atoms with E-state index in [9.17, 15) is 13.2 Å². The summed E-state index contributed by atoms with van der Waals surface area (Å²) in [5.41, 5.74) is 3.75. The standard InChI is InChI=1S/C19H14F3N5/c20-13-8-15(22)14(21)7-12(13)10-1-2-17-16(5-10)25-18-6-11(3-4-27(17)18)19-23-9-24-26-19/h3-4,6-10H,1-2,5H2,(H,23,24,26). The number of halogens is 3. The largest absolute Gasteiger partial charge is 0.304 e. The van der Waals surface area contributed by atoms with Crippen LogP contribution < -0.4 is 0 Å². The van der Waals surface area contributed by atoms with Gasteiger partial charge in [-0.3, -0.25) is 5.10 Å². The molecule has 4 aromatic rings. The zero-order valence-electron chi connectivity index (χ0n) is 14.1. The molecule has 0 saturated carbocycles. The highest BCUT2D eigenvalue weighted by atomic mass is 19.2. The predicted molar refractivity (Wildman–Crippen MR) is 91.7 cm³/mol. The smallest absolute Gasteiger partial charge is 0.161 e. The fourth-order valence-corrected chi connectivity index (χ4v) is 3.83. The first-order valence-corrected chi connectivity index (χ1v) is 8.60. The van der Waals surface area contributed by atoms with Crippen LogP contribution in [0.3, 0.4) is 0 Å². The van der Waals surface area contributed by atoms with E-state index >= 15 is 0 Å². The van der Waals surface area contributed by atoms with Crippen molar-refractivity contribution >= 4 is 5.65 Å². The summed E-state index contributed by atoms with van der Waals surface area (Å²) in [4.78, 5) is 8.82. The Morgan fingerprint density at radius 1 is 1.07 bits per heavy atom. The number of hydrogen-bond donors (Lipinski definition) is 1. The summed E-state index contributed by atoms with van der Waals surface area (Å²) in [6.07, 6.45) is 5.18. The average molecular weight is 369 g/mol. The second-order valence-corrected chi connectivity index (χ2v) is 6.71. The van der Waals surface area contributed by atoms with Crippen LogP contribution in [0.1, 0.15) is 29.3 Å². The topological polar surface area (TPSA) is 58.9 Å². The van der Waals surface area contributed by atoms with E-state index in [4.69, 9.17) is 0 Å². The predicted octanol–water partition coefficient (Wildman–Crippen LogP) is 3.81. The molecule has 0 saturated heterocycles. The first-order chi connectivity index (χ1) is 13.1. The summed E-state index contributed by atoms with van der Waals surface area (Å²) in [6, 6.07) is 5.42. The first kappa shape index (κ1) is 16.0. The van der Waals surface area contributed by atoms with Gasteiger partial charge in [-0.15, -0.1) is 0 Å². The van der Waals surface area contributed by atoms with Crippen LogP contribution in [0, 0.1) is 17.5 Å². The molecule has 0 radical (unpaired) electrons. The van der Waals surface area contributed by atoms with Gasteiger partial charge < -0.3 is 4.40 Å². The van der Waals surface area contributed by atoms with Gasteiger partial charge in [0.25, 0.3) is 0 Å². The van der Waals surface area contributed by atoms with Crippen LogP contribution in [0.2, 0.25) is 0 Å². The van der Waals surface area contributed by atoms with Gasteiger partial charge >= 0.3 is 0 Å². The maximum atomic E-state index is 14.2. The van der Waals surface area contributed by atoms with E-state index in [0.29, 0.717) is 31.2 Å². The summed E-state index contributed by atoms with van der Waals surface area (Å²) >= 11 is 0. The summed E-state index contributed by atoms with van der Waals surface area (Å²) in [5.74, 6) is -2.48. The third kappa shape index (κ3) is 2.59. The number of nitrogens with one attached hydrogen (secondary N) is 1. The van der Waals surface area contributed by atoms with Crippen LogP contribution in [0.15, 0.2) is 36.8 Å². The lowest BCUT2D eigenvalue weighted by atomic mass is 9.84. The van der Waals surface area contributed by atoms with Crippen LogP contribution in [0.4, 0.5) is 13.2 Å². The molecule has 5 nitrogen and oxygen atoms in total. The zero-order valence-corrected chi connectivity index (χ0v) is 14.1. The van der Waals surface area contributed by atoms with Crippen molar-refractivity contribution < 1.29 is 13.2 Å². The minimum atomic E-state index is -1.17. The molecule has 1 unspecified atom stereocenters. The summed E-state index contributed by atoms with van der Waals surface area (Å²) in [5, 5.41) is 6.67. The van der Waals surface area contributed by atoms with Gasteiger partial charge in [-0.05, 0) is 48.9 Å². The maximum Gasteiger partial charge on any atom is 0.161 e. The van der Waals surface area contributed by atoms with Crippen molar-refractivity contribution in [1.29, 1.82) is 0 Å². The fourth-order valence-electron chi connectivity index (χ4n) is 3.83. The quantitative estimate of drug-likeness (QED) is 0.547. The minimum absolute atomic E-state index is 0.207. The SMILES string of the molecule is Fc1cc(F)c(C2CCc3c(nc4cc(-c5ncn[nH]5)ccn34)C2)cc1F. The Kier molecular flexibility index (Phi) is 3.53. The lowest BCUT2D eigenvalue weighted by molar-refractivity contribution is 0.473. The van der Waals surface area contributed by atoms with Gasteiger partial charge in [0, 0.05) is 23.5 Å². The van der Waals surface area contributed by atoms with Gasteiger partial charge in [0.2, 0.25) is 0 Å². The number of hydrogen-bond acceptors (Lipinski definition) is 3. The Hall–Kier alpha value is -3.16. The number of benzene rings is 1. The number of aryl methyl sites for hydroxylation is 1. The Morgan fingerprint density at radius 2 is 1.93 bits per heavy atom. The van der Waals surface area contributed by atoms with Crippen LogP contribution in [0.25, 0.3) is 17.0 Å². The van der Waals surface area contributed by atoms with Crippen molar-refractivity contribution in [3.05, 3.63) is 71.2 Å². The fraction of sp³-hybridized carbons (Fsp3) is 0.211. The molecule has 0 fully saturated rings. The molecular weight excluding hydrogens is 355 g/mol. The van der Waals surface area contributed by atoms with Crippen LogP contribution in [-0.4, -0.2) is 24.6 Å². The molecule has 5 rings (SSSR count). The highest BCUT2D eigenvalue weighted by Crippen LogP contribution is 2.35. The van der Waals surface area contributed by atoms with Gasteiger partial charge in [0.15, 0.2) is 17.5 Å². The van der Waals surface area contributed by atoms with Crippen molar-refractivity contribution in [1.82, 2.24) is 24.6 Å². The highest BCUT2D eigenvalue weighted by molar-refractivity contribution is 5.61. The van der Waals surface area contributed by atoms with Gasteiger partial charge in [-0.2, -0.15) is 5.10 Å². The molecule has 1 aromatic carbocycles. The average Bonchev–Trinajstić information content (AvgIpc) is 3.31. The number of pyridine rings is 1. The van der Waals surface area contributed by atoms with E-state index < -0.39 is 17.5 Å². The van der Waals surface area contributed by atoms with E-state index in [1.807, 2.05) is 22.7 Å². The van der Waals surface area contributed by atoms with Gasteiger partial charge in [0.1, 0.15) is 17.8 Å². The van der Waals surface area contributed by atoms with Gasteiger partial charge in [0.05, 0.1) is 5.69 Å². The number of nitrogens with zero attached hydrogens (tertiary/aromatic N) is 4. The highest BCUT2D eigenvalue weighted by Gasteiger charge is 2.27. The molecule has 8 heteroatoms. The zero-order chi connectivity index (χ0) is 18.5. The van der Waals surface area contributed by atoms with Crippen LogP contribution in [0.5, 0.6) is 0 Å². The summed E-state index contributed by atoms with van der Waals surface area (Å²) < 4.78 is 43.0. The first-order valence-electron chi connectivity index (χ1n) is 8.60.